The second kappa shape index (κ2) is 6.32. The highest BCUT2D eigenvalue weighted by atomic mass is 19.1. The predicted octanol–water partition coefficient (Wildman–Crippen LogP) is 1.50. The second-order valence-corrected chi connectivity index (χ2v) is 6.49. The molecule has 0 bridgehead atoms. The van der Waals surface area contributed by atoms with Crippen molar-refractivity contribution in [2.24, 2.45) is 5.73 Å². The predicted molar refractivity (Wildman–Crippen MR) is 96.5 cm³/mol. The first-order valence-electron chi connectivity index (χ1n) is 8.45. The molecule has 2 aliphatic rings. The van der Waals surface area contributed by atoms with Crippen LogP contribution in [-0.4, -0.2) is 51.2 Å². The molecule has 4 rings (SSSR count). The highest BCUT2D eigenvalue weighted by Gasteiger charge is 2.33. The summed E-state index contributed by atoms with van der Waals surface area (Å²) in [5.74, 6) is 0.667. The van der Waals surface area contributed by atoms with Crippen molar-refractivity contribution in [3.8, 4) is 0 Å². The summed E-state index contributed by atoms with van der Waals surface area (Å²) in [6.45, 7) is 0.650. The summed E-state index contributed by atoms with van der Waals surface area (Å²) in [6.07, 6.45) is 7.74. The quantitative estimate of drug-likeness (QED) is 0.750. The summed E-state index contributed by atoms with van der Waals surface area (Å²) >= 11 is 0. The Morgan fingerprint density at radius 2 is 2.23 bits per heavy atom. The van der Waals surface area contributed by atoms with Gasteiger partial charge in [-0.15, -0.1) is 0 Å². The van der Waals surface area contributed by atoms with Crippen molar-refractivity contribution in [3.05, 3.63) is 41.9 Å². The number of alkyl halides is 1. The number of hydrogen-bond acceptors (Lipinski definition) is 6. The molecule has 0 atom stereocenters. The Labute approximate surface area is 149 Å². The van der Waals surface area contributed by atoms with E-state index in [0.29, 0.717) is 36.7 Å². The van der Waals surface area contributed by atoms with Crippen molar-refractivity contribution in [1.82, 2.24) is 19.5 Å². The minimum absolute atomic E-state index is 0.242. The van der Waals surface area contributed by atoms with E-state index in [1.54, 1.807) is 13.1 Å². The van der Waals surface area contributed by atoms with E-state index in [2.05, 4.69) is 25.6 Å². The molecule has 0 unspecified atom stereocenters. The lowest BCUT2D eigenvalue weighted by Gasteiger charge is -2.40. The summed E-state index contributed by atoms with van der Waals surface area (Å²) in [5, 5.41) is 10.5. The topological polar surface area (TPSA) is 101 Å². The summed E-state index contributed by atoms with van der Waals surface area (Å²) < 4.78 is 14.7. The van der Waals surface area contributed by atoms with E-state index in [1.807, 2.05) is 18.4 Å². The molecule has 1 aliphatic heterocycles. The Morgan fingerprint density at radius 1 is 1.42 bits per heavy atom. The summed E-state index contributed by atoms with van der Waals surface area (Å²) in [4.78, 5) is 18.2. The fraction of sp³-hybridized carbons (Fsp3) is 0.353. The molecule has 3 heterocycles. The van der Waals surface area contributed by atoms with E-state index in [9.17, 15) is 9.18 Å². The first kappa shape index (κ1) is 16.4. The number of primary amides is 1. The Hall–Kier alpha value is -3.10. The molecular weight excluding hydrogens is 337 g/mol. The third-order valence-electron chi connectivity index (χ3n) is 4.73. The lowest BCUT2D eigenvalue weighted by molar-refractivity contribution is 0.0897. The molecule has 0 radical (unpaired) electrons. The van der Waals surface area contributed by atoms with Crippen LogP contribution in [0.15, 0.2) is 36.3 Å². The third-order valence-corrected chi connectivity index (χ3v) is 4.73. The molecule has 9 heteroatoms. The van der Waals surface area contributed by atoms with Gasteiger partial charge in [-0.05, 0) is 31.2 Å². The molecule has 4 N–H and O–H groups in total. The van der Waals surface area contributed by atoms with Crippen molar-refractivity contribution in [2.45, 2.75) is 25.1 Å². The largest absolute Gasteiger partial charge is 0.373 e. The number of fused-ring (bicyclic) bond motifs is 1. The van der Waals surface area contributed by atoms with Crippen LogP contribution in [-0.2, 0) is 0 Å². The van der Waals surface area contributed by atoms with Crippen molar-refractivity contribution < 1.29 is 9.18 Å². The van der Waals surface area contributed by atoms with Gasteiger partial charge in [-0.2, -0.15) is 9.61 Å². The average molecular weight is 357 g/mol. The fourth-order valence-electron chi connectivity index (χ4n) is 3.24. The van der Waals surface area contributed by atoms with E-state index in [1.165, 1.54) is 10.7 Å². The van der Waals surface area contributed by atoms with Crippen molar-refractivity contribution in [3.63, 3.8) is 0 Å². The Morgan fingerprint density at radius 3 is 2.92 bits per heavy atom. The van der Waals surface area contributed by atoms with Gasteiger partial charge in [0.15, 0.2) is 5.65 Å². The number of anilines is 2. The van der Waals surface area contributed by atoms with Gasteiger partial charge < -0.3 is 21.3 Å². The number of nitrogens with one attached hydrogen (secondary N) is 2. The minimum atomic E-state index is -0.688. The van der Waals surface area contributed by atoms with Crippen LogP contribution in [0.25, 0.3) is 5.65 Å². The maximum absolute atomic E-state index is 13.1. The van der Waals surface area contributed by atoms with Gasteiger partial charge in [-0.3, -0.25) is 4.79 Å². The summed E-state index contributed by atoms with van der Waals surface area (Å²) in [6, 6.07) is 2.04. The van der Waals surface area contributed by atoms with Crippen molar-refractivity contribution in [2.75, 3.05) is 24.2 Å². The number of carbonyl (C=O) groups excluding carboxylic acids is 1. The van der Waals surface area contributed by atoms with E-state index in [0.717, 1.165) is 5.70 Å². The van der Waals surface area contributed by atoms with Crippen LogP contribution in [0, 0.1) is 0 Å². The van der Waals surface area contributed by atoms with E-state index < -0.39 is 12.1 Å². The summed E-state index contributed by atoms with van der Waals surface area (Å²) in [5.41, 5.74) is 6.98. The number of carbonyl (C=O) groups is 1. The van der Waals surface area contributed by atoms with Gasteiger partial charge in [0.25, 0.3) is 5.91 Å². The molecule has 2 aromatic heterocycles. The van der Waals surface area contributed by atoms with Crippen LogP contribution in [0.3, 0.4) is 0 Å². The normalized spacial score (nSPS) is 22.1. The van der Waals surface area contributed by atoms with Crippen LogP contribution in [0.5, 0.6) is 0 Å². The molecule has 26 heavy (non-hydrogen) atoms. The molecular formula is C17H20FN7O. The number of amides is 1. The smallest absolute Gasteiger partial charge is 0.254 e. The fourth-order valence-corrected chi connectivity index (χ4v) is 3.24. The van der Waals surface area contributed by atoms with Gasteiger partial charge in [0.05, 0.1) is 12.7 Å². The Bertz CT molecular complexity index is 913. The first-order chi connectivity index (χ1) is 12.5. The summed E-state index contributed by atoms with van der Waals surface area (Å²) in [7, 11) is 1.76. The number of rotatable bonds is 5. The monoisotopic (exact) mass is 357 g/mol. The van der Waals surface area contributed by atoms with Crippen molar-refractivity contribution >= 4 is 23.2 Å². The van der Waals surface area contributed by atoms with Crippen LogP contribution in [0.2, 0.25) is 0 Å². The maximum Gasteiger partial charge on any atom is 0.254 e. The van der Waals surface area contributed by atoms with Gasteiger partial charge in [0, 0.05) is 24.9 Å². The number of aromatic nitrogens is 3. The van der Waals surface area contributed by atoms with Crippen LogP contribution in [0.4, 0.5) is 16.0 Å². The molecule has 0 saturated heterocycles. The highest BCUT2D eigenvalue weighted by Crippen LogP contribution is 2.30. The van der Waals surface area contributed by atoms with Gasteiger partial charge in [-0.25, -0.2) is 9.37 Å². The molecule has 1 amide bonds. The molecule has 1 saturated carbocycles. The molecule has 2 aromatic rings. The number of nitrogens with two attached hydrogens (primary N) is 1. The molecule has 136 valence electrons. The first-order valence-corrected chi connectivity index (χ1v) is 8.45. The van der Waals surface area contributed by atoms with Gasteiger partial charge in [0.1, 0.15) is 23.4 Å². The lowest BCUT2D eigenvalue weighted by atomic mass is 9.89. The third kappa shape index (κ3) is 2.85. The average Bonchev–Trinajstić information content (AvgIpc) is 3.02. The zero-order valence-electron chi connectivity index (χ0n) is 14.3. The van der Waals surface area contributed by atoms with Gasteiger partial charge in [-0.1, -0.05) is 0 Å². The number of allylic oxidation sites excluding steroid dienone is 2. The number of halogens is 1. The van der Waals surface area contributed by atoms with Crippen LogP contribution in [0.1, 0.15) is 23.2 Å². The standard InChI is InChI=1S/C17H20FN7O/c1-20-15-7-14(23-17-13(16(19)26)8-21-25(15)17)22-11-3-2-4-24(9-11)12-5-10(18)6-12/h2-4,7-8,10,12,20H,5-6,9H2,1H3,(H2,19,26)(H,22,23)/t10-,12-. The Balaban J connectivity index is 1.59. The zero-order valence-corrected chi connectivity index (χ0v) is 14.3. The molecule has 0 spiro atoms. The molecule has 0 aromatic carbocycles. The SMILES string of the molecule is CNc1cc(NC2=CC=CN([C@H]3C[C@H](F)C3)C2)nc2c(C(N)=O)cnn12. The zero-order chi connectivity index (χ0) is 18.3. The molecule has 1 fully saturated rings. The van der Waals surface area contributed by atoms with E-state index in [-0.39, 0.29) is 11.6 Å². The van der Waals surface area contributed by atoms with E-state index in [4.69, 9.17) is 5.73 Å². The second-order valence-electron chi connectivity index (χ2n) is 6.49. The number of nitrogens with zero attached hydrogens (tertiary/aromatic N) is 4. The molecule has 1 aliphatic carbocycles. The van der Waals surface area contributed by atoms with Crippen LogP contribution < -0.4 is 16.4 Å². The molecule has 8 nitrogen and oxygen atoms in total. The van der Waals surface area contributed by atoms with Gasteiger partial charge >= 0.3 is 0 Å². The van der Waals surface area contributed by atoms with Gasteiger partial charge in [0.2, 0.25) is 0 Å². The van der Waals surface area contributed by atoms with Crippen LogP contribution >= 0.6 is 0 Å². The Kier molecular flexibility index (Phi) is 3.98. The number of hydrogen-bond donors (Lipinski definition) is 3. The van der Waals surface area contributed by atoms with E-state index >= 15 is 0 Å². The maximum atomic E-state index is 13.1. The lowest BCUT2D eigenvalue weighted by Crippen LogP contribution is -2.44. The van der Waals surface area contributed by atoms with Crippen molar-refractivity contribution in [1.29, 1.82) is 0 Å². The highest BCUT2D eigenvalue weighted by molar-refractivity contribution is 5.98. The minimum Gasteiger partial charge on any atom is -0.373 e.